The minimum Gasteiger partial charge on any atom is -0.508 e. The Morgan fingerprint density at radius 3 is 2.60 bits per heavy atom. The molecule has 1 aromatic rings. The van der Waals surface area contributed by atoms with Crippen molar-refractivity contribution in [3.8, 4) is 5.75 Å². The van der Waals surface area contributed by atoms with Crippen molar-refractivity contribution in [1.29, 1.82) is 0 Å². The molecule has 0 saturated carbocycles. The average Bonchev–Trinajstić information content (AvgIpc) is 2.45. The van der Waals surface area contributed by atoms with E-state index in [4.69, 9.17) is 5.11 Å². The highest BCUT2D eigenvalue weighted by Crippen LogP contribution is 2.29. The Labute approximate surface area is 117 Å². The number of urea groups is 1. The van der Waals surface area contributed by atoms with Crippen LogP contribution in [0.4, 0.5) is 4.79 Å². The van der Waals surface area contributed by atoms with Crippen LogP contribution < -0.4 is 5.32 Å². The van der Waals surface area contributed by atoms with Crippen molar-refractivity contribution in [1.82, 2.24) is 10.2 Å². The molecule has 1 aromatic carbocycles. The van der Waals surface area contributed by atoms with Crippen LogP contribution in [0.15, 0.2) is 24.3 Å². The van der Waals surface area contributed by atoms with Crippen molar-refractivity contribution < 1.29 is 19.8 Å². The van der Waals surface area contributed by atoms with Gasteiger partial charge >= 0.3 is 12.0 Å². The first-order valence-corrected chi connectivity index (χ1v) is 6.60. The topological polar surface area (TPSA) is 89.9 Å². The number of hydrogen-bond acceptors (Lipinski definition) is 3. The van der Waals surface area contributed by atoms with Crippen molar-refractivity contribution in [3.05, 3.63) is 29.8 Å². The van der Waals surface area contributed by atoms with Gasteiger partial charge in [-0.15, -0.1) is 0 Å². The number of rotatable bonds is 3. The SMILES string of the molecule is O=C(O)CNC(=O)N1CCC(c2cccc(O)c2)CC1. The standard InChI is InChI=1S/C14H18N2O4/c17-12-3-1-2-11(8-12)10-4-6-16(7-5-10)14(20)15-9-13(18)19/h1-3,8,10,17H,4-7,9H2,(H,15,20)(H,18,19). The summed E-state index contributed by atoms with van der Waals surface area (Å²) in [7, 11) is 0. The van der Waals surface area contributed by atoms with Crippen LogP contribution in [-0.4, -0.2) is 46.7 Å². The van der Waals surface area contributed by atoms with E-state index < -0.39 is 5.97 Å². The van der Waals surface area contributed by atoms with E-state index in [0.717, 1.165) is 18.4 Å². The number of benzene rings is 1. The van der Waals surface area contributed by atoms with E-state index in [9.17, 15) is 14.7 Å². The molecule has 0 bridgehead atoms. The van der Waals surface area contributed by atoms with Gasteiger partial charge in [0.1, 0.15) is 12.3 Å². The molecule has 2 amide bonds. The summed E-state index contributed by atoms with van der Waals surface area (Å²) >= 11 is 0. The molecular formula is C14H18N2O4. The average molecular weight is 278 g/mol. The molecule has 0 aliphatic carbocycles. The molecule has 6 heteroatoms. The smallest absolute Gasteiger partial charge is 0.323 e. The predicted octanol–water partition coefficient (Wildman–Crippen LogP) is 1.37. The maximum atomic E-state index is 11.7. The van der Waals surface area contributed by atoms with E-state index in [1.165, 1.54) is 0 Å². The summed E-state index contributed by atoms with van der Waals surface area (Å²) in [6.45, 7) is 0.822. The molecule has 1 aliphatic rings. The summed E-state index contributed by atoms with van der Waals surface area (Å²) in [5.41, 5.74) is 1.08. The Kier molecular flexibility index (Phi) is 4.45. The molecule has 2 rings (SSSR count). The van der Waals surface area contributed by atoms with Crippen LogP contribution in [0.2, 0.25) is 0 Å². The Bertz CT molecular complexity index is 496. The Morgan fingerprint density at radius 2 is 2.00 bits per heavy atom. The molecular weight excluding hydrogens is 260 g/mol. The number of nitrogens with one attached hydrogen (secondary N) is 1. The highest BCUT2D eigenvalue weighted by atomic mass is 16.4. The molecule has 20 heavy (non-hydrogen) atoms. The third kappa shape index (κ3) is 3.63. The van der Waals surface area contributed by atoms with Crippen LogP contribution in [0.25, 0.3) is 0 Å². The number of piperidine rings is 1. The van der Waals surface area contributed by atoms with Crippen molar-refractivity contribution >= 4 is 12.0 Å². The van der Waals surface area contributed by atoms with Crippen LogP contribution in [0.3, 0.4) is 0 Å². The molecule has 1 aliphatic heterocycles. The fourth-order valence-electron chi connectivity index (χ4n) is 2.46. The van der Waals surface area contributed by atoms with Crippen molar-refractivity contribution in [2.75, 3.05) is 19.6 Å². The highest BCUT2D eigenvalue weighted by molar-refractivity contribution is 5.80. The molecule has 1 saturated heterocycles. The fourth-order valence-corrected chi connectivity index (χ4v) is 2.46. The Hall–Kier alpha value is -2.24. The molecule has 6 nitrogen and oxygen atoms in total. The molecule has 0 atom stereocenters. The lowest BCUT2D eigenvalue weighted by molar-refractivity contribution is -0.135. The normalized spacial score (nSPS) is 15.9. The van der Waals surface area contributed by atoms with Gasteiger partial charge < -0.3 is 20.4 Å². The molecule has 0 radical (unpaired) electrons. The van der Waals surface area contributed by atoms with Crippen LogP contribution >= 0.6 is 0 Å². The number of carboxylic acids is 1. The first-order chi connectivity index (χ1) is 9.56. The van der Waals surface area contributed by atoms with Crippen molar-refractivity contribution in [3.63, 3.8) is 0 Å². The van der Waals surface area contributed by atoms with Gasteiger partial charge in [0, 0.05) is 13.1 Å². The van der Waals surface area contributed by atoms with Gasteiger partial charge in [-0.05, 0) is 36.5 Å². The zero-order chi connectivity index (χ0) is 14.5. The zero-order valence-corrected chi connectivity index (χ0v) is 11.1. The van der Waals surface area contributed by atoms with Gasteiger partial charge in [-0.1, -0.05) is 12.1 Å². The number of nitrogens with zero attached hydrogens (tertiary/aromatic N) is 1. The quantitative estimate of drug-likeness (QED) is 0.779. The number of phenolic OH excluding ortho intramolecular Hbond substituents is 1. The second-order valence-corrected chi connectivity index (χ2v) is 4.91. The van der Waals surface area contributed by atoms with Gasteiger partial charge in [-0.2, -0.15) is 0 Å². The zero-order valence-electron chi connectivity index (χ0n) is 11.1. The Morgan fingerprint density at radius 1 is 1.30 bits per heavy atom. The first kappa shape index (κ1) is 14.2. The number of hydrogen-bond donors (Lipinski definition) is 3. The summed E-state index contributed by atoms with van der Waals surface area (Å²) in [5.74, 6) is -0.470. The molecule has 1 fully saturated rings. The molecule has 1 heterocycles. The lowest BCUT2D eigenvalue weighted by Gasteiger charge is -2.32. The van der Waals surface area contributed by atoms with Gasteiger partial charge in [0.05, 0.1) is 0 Å². The number of phenols is 1. The number of carbonyl (C=O) groups is 2. The number of carboxylic acid groups (broad SMARTS) is 1. The molecule has 3 N–H and O–H groups in total. The summed E-state index contributed by atoms with van der Waals surface area (Å²) in [5, 5.41) is 20.4. The number of aliphatic carboxylic acids is 1. The first-order valence-electron chi connectivity index (χ1n) is 6.60. The van der Waals surface area contributed by atoms with Gasteiger partial charge in [-0.25, -0.2) is 4.79 Å². The molecule has 0 spiro atoms. The largest absolute Gasteiger partial charge is 0.508 e. The molecule has 0 aromatic heterocycles. The third-order valence-electron chi connectivity index (χ3n) is 3.51. The van der Waals surface area contributed by atoms with E-state index in [0.29, 0.717) is 19.0 Å². The van der Waals surface area contributed by atoms with Crippen LogP contribution in [0, 0.1) is 0 Å². The van der Waals surface area contributed by atoms with Gasteiger partial charge in [-0.3, -0.25) is 4.79 Å². The minimum atomic E-state index is -1.05. The maximum absolute atomic E-state index is 11.7. The second kappa shape index (κ2) is 6.27. The van der Waals surface area contributed by atoms with E-state index >= 15 is 0 Å². The summed E-state index contributed by atoms with van der Waals surface area (Å²) in [4.78, 5) is 23.7. The second-order valence-electron chi connectivity index (χ2n) is 4.91. The van der Waals surface area contributed by atoms with Gasteiger partial charge in [0.2, 0.25) is 0 Å². The van der Waals surface area contributed by atoms with Crippen LogP contribution in [0.5, 0.6) is 5.75 Å². The third-order valence-corrected chi connectivity index (χ3v) is 3.51. The summed E-state index contributed by atoms with van der Waals surface area (Å²) < 4.78 is 0. The van der Waals surface area contributed by atoms with E-state index in [-0.39, 0.29) is 18.3 Å². The van der Waals surface area contributed by atoms with Crippen molar-refractivity contribution in [2.45, 2.75) is 18.8 Å². The van der Waals surface area contributed by atoms with E-state index in [2.05, 4.69) is 5.32 Å². The highest BCUT2D eigenvalue weighted by Gasteiger charge is 2.24. The number of amides is 2. The number of carbonyl (C=O) groups excluding carboxylic acids is 1. The fraction of sp³-hybridized carbons (Fsp3) is 0.429. The summed E-state index contributed by atoms with van der Waals surface area (Å²) in [6.07, 6.45) is 1.62. The van der Waals surface area contributed by atoms with E-state index in [1.807, 2.05) is 12.1 Å². The lowest BCUT2D eigenvalue weighted by Crippen LogP contribution is -2.45. The van der Waals surface area contributed by atoms with Gasteiger partial charge in [0.15, 0.2) is 0 Å². The Balaban J connectivity index is 1.86. The molecule has 0 unspecified atom stereocenters. The van der Waals surface area contributed by atoms with Crippen LogP contribution in [0.1, 0.15) is 24.3 Å². The molecule has 108 valence electrons. The minimum absolute atomic E-state index is 0.254. The number of aromatic hydroxyl groups is 1. The van der Waals surface area contributed by atoms with E-state index in [1.54, 1.807) is 17.0 Å². The maximum Gasteiger partial charge on any atom is 0.323 e. The van der Waals surface area contributed by atoms with Gasteiger partial charge in [0.25, 0.3) is 0 Å². The lowest BCUT2D eigenvalue weighted by atomic mass is 9.89. The van der Waals surface area contributed by atoms with Crippen molar-refractivity contribution in [2.24, 2.45) is 0 Å². The summed E-state index contributed by atoms with van der Waals surface area (Å²) in [6, 6.07) is 6.85. The monoisotopic (exact) mass is 278 g/mol. The number of likely N-dealkylation sites (tertiary alicyclic amines) is 1. The van der Waals surface area contributed by atoms with Crippen LogP contribution in [-0.2, 0) is 4.79 Å². The predicted molar refractivity (Wildman–Crippen MR) is 72.7 cm³/mol.